The number of rotatable bonds is 5. The van der Waals surface area contributed by atoms with Crippen LogP contribution in [0.1, 0.15) is 0 Å². The van der Waals surface area contributed by atoms with E-state index in [9.17, 15) is 0 Å². The van der Waals surface area contributed by atoms with Crippen molar-refractivity contribution < 1.29 is 4.74 Å². The summed E-state index contributed by atoms with van der Waals surface area (Å²) in [7, 11) is 3.87. The second-order valence-electron chi connectivity index (χ2n) is 8.22. The highest BCUT2D eigenvalue weighted by Gasteiger charge is 2.22. The number of ether oxygens (including phenoxy) is 1. The Morgan fingerprint density at radius 1 is 0.719 bits per heavy atom. The van der Waals surface area contributed by atoms with Gasteiger partial charge >= 0.3 is 0 Å². The Bertz CT molecular complexity index is 1160. The minimum absolute atomic E-state index is 0.867. The first-order chi connectivity index (χ1) is 15.7. The summed E-state index contributed by atoms with van der Waals surface area (Å²) in [5.74, 6) is 0.867. The van der Waals surface area contributed by atoms with E-state index in [-0.39, 0.29) is 0 Å². The van der Waals surface area contributed by atoms with Gasteiger partial charge in [0.2, 0.25) is 0 Å². The molecule has 5 nitrogen and oxygen atoms in total. The molecule has 0 saturated carbocycles. The highest BCUT2D eigenvalue weighted by atomic mass is 16.5. The molecule has 0 bridgehead atoms. The Hall–Kier alpha value is -3.57. The number of hydrogen-bond acceptors (Lipinski definition) is 4. The smallest absolute Gasteiger partial charge is 0.118 e. The van der Waals surface area contributed by atoms with Crippen LogP contribution < -0.4 is 9.64 Å². The van der Waals surface area contributed by atoms with Crippen molar-refractivity contribution in [1.29, 1.82) is 0 Å². The zero-order valence-corrected chi connectivity index (χ0v) is 18.6. The molecule has 0 amide bonds. The largest absolute Gasteiger partial charge is 0.497 e. The predicted octanol–water partition coefficient (Wildman–Crippen LogP) is 4.97. The van der Waals surface area contributed by atoms with E-state index in [0.717, 1.165) is 43.3 Å². The number of benzene rings is 3. The number of methoxy groups -OCH3 is 1. The molecule has 0 N–H and O–H groups in total. The third-order valence-corrected chi connectivity index (χ3v) is 6.18. The van der Waals surface area contributed by atoms with Crippen molar-refractivity contribution in [1.82, 2.24) is 14.7 Å². The van der Waals surface area contributed by atoms with Crippen LogP contribution in [0.15, 0.2) is 85.1 Å². The second kappa shape index (κ2) is 8.89. The standard InChI is InChI=1S/C27H28N4O/c1-29-16-18-30(19-17-29)26-20-28-31(27(26)23-6-4-3-5-7-23)24-12-8-21(9-13-24)22-10-14-25(32-2)15-11-22/h3-15,20H,16-19H2,1-2H3. The normalized spacial score (nSPS) is 14.5. The number of likely N-dealkylation sites (N-methyl/N-ethyl adjacent to an activating group) is 1. The van der Waals surface area contributed by atoms with E-state index in [4.69, 9.17) is 9.84 Å². The maximum atomic E-state index is 5.28. The fourth-order valence-corrected chi connectivity index (χ4v) is 4.26. The molecule has 1 fully saturated rings. The summed E-state index contributed by atoms with van der Waals surface area (Å²) in [4.78, 5) is 4.83. The number of nitrogens with zero attached hydrogens (tertiary/aromatic N) is 4. The lowest BCUT2D eigenvalue weighted by Crippen LogP contribution is -2.44. The van der Waals surface area contributed by atoms with Crippen molar-refractivity contribution in [2.24, 2.45) is 0 Å². The fourth-order valence-electron chi connectivity index (χ4n) is 4.26. The van der Waals surface area contributed by atoms with Crippen LogP contribution in [0, 0.1) is 0 Å². The Balaban J connectivity index is 1.51. The van der Waals surface area contributed by atoms with Gasteiger partial charge in [-0.1, -0.05) is 54.6 Å². The molecular weight excluding hydrogens is 396 g/mol. The van der Waals surface area contributed by atoms with E-state index in [1.54, 1.807) is 7.11 Å². The zero-order chi connectivity index (χ0) is 21.9. The summed E-state index contributed by atoms with van der Waals surface area (Å²) in [5, 5.41) is 4.83. The zero-order valence-electron chi connectivity index (χ0n) is 18.6. The highest BCUT2D eigenvalue weighted by Crippen LogP contribution is 2.34. The maximum Gasteiger partial charge on any atom is 0.118 e. The number of piperazine rings is 1. The van der Waals surface area contributed by atoms with Crippen LogP contribution in [0.5, 0.6) is 5.75 Å². The lowest BCUT2D eigenvalue weighted by Gasteiger charge is -2.34. The third kappa shape index (κ3) is 3.99. The molecule has 0 aliphatic carbocycles. The molecule has 1 aliphatic rings. The monoisotopic (exact) mass is 424 g/mol. The number of hydrogen-bond donors (Lipinski definition) is 0. The molecule has 0 atom stereocenters. The summed E-state index contributed by atoms with van der Waals surface area (Å²) < 4.78 is 7.35. The van der Waals surface area contributed by atoms with E-state index in [1.807, 2.05) is 18.3 Å². The summed E-state index contributed by atoms with van der Waals surface area (Å²) >= 11 is 0. The average molecular weight is 425 g/mol. The van der Waals surface area contributed by atoms with Gasteiger partial charge in [0.1, 0.15) is 5.75 Å². The summed E-state index contributed by atoms with van der Waals surface area (Å²) in [6, 6.07) is 27.3. The topological polar surface area (TPSA) is 33.5 Å². The van der Waals surface area contributed by atoms with E-state index < -0.39 is 0 Å². The van der Waals surface area contributed by atoms with Gasteiger partial charge in [-0.15, -0.1) is 0 Å². The quantitative estimate of drug-likeness (QED) is 0.453. The third-order valence-electron chi connectivity index (χ3n) is 6.18. The molecule has 32 heavy (non-hydrogen) atoms. The Morgan fingerprint density at radius 2 is 1.34 bits per heavy atom. The van der Waals surface area contributed by atoms with Gasteiger partial charge in [-0.25, -0.2) is 4.68 Å². The van der Waals surface area contributed by atoms with Crippen LogP contribution in [-0.4, -0.2) is 55.0 Å². The van der Waals surface area contributed by atoms with Gasteiger partial charge in [0.05, 0.1) is 30.4 Å². The maximum absolute atomic E-state index is 5.28. The minimum atomic E-state index is 0.867. The Morgan fingerprint density at radius 3 is 1.97 bits per heavy atom. The van der Waals surface area contributed by atoms with Crippen LogP contribution in [0.2, 0.25) is 0 Å². The van der Waals surface area contributed by atoms with E-state index in [1.165, 1.54) is 22.4 Å². The SMILES string of the molecule is COc1ccc(-c2ccc(-n3ncc(N4CCN(C)CC4)c3-c3ccccc3)cc2)cc1. The van der Waals surface area contributed by atoms with Crippen molar-refractivity contribution in [3.8, 4) is 33.8 Å². The molecule has 0 unspecified atom stereocenters. The van der Waals surface area contributed by atoms with Gasteiger partial charge < -0.3 is 14.5 Å². The van der Waals surface area contributed by atoms with Crippen LogP contribution in [0.4, 0.5) is 5.69 Å². The molecule has 162 valence electrons. The molecule has 0 spiro atoms. The molecule has 1 aromatic heterocycles. The highest BCUT2D eigenvalue weighted by molar-refractivity contribution is 5.77. The van der Waals surface area contributed by atoms with Gasteiger partial charge in [0, 0.05) is 31.7 Å². The van der Waals surface area contributed by atoms with Gasteiger partial charge in [-0.3, -0.25) is 0 Å². The Labute approximate surface area is 189 Å². The van der Waals surface area contributed by atoms with E-state index in [0.29, 0.717) is 0 Å². The molecule has 2 heterocycles. The molecule has 0 radical (unpaired) electrons. The fraction of sp³-hybridized carbons (Fsp3) is 0.222. The molecule has 5 heteroatoms. The van der Waals surface area contributed by atoms with E-state index in [2.05, 4.69) is 88.3 Å². The Kier molecular flexibility index (Phi) is 5.65. The van der Waals surface area contributed by atoms with Crippen LogP contribution in [-0.2, 0) is 0 Å². The average Bonchev–Trinajstić information content (AvgIpc) is 3.30. The van der Waals surface area contributed by atoms with Crippen molar-refractivity contribution in [3.05, 3.63) is 85.1 Å². The molecule has 4 aromatic rings. The number of anilines is 1. The first kappa shape index (κ1) is 20.3. The molecule has 3 aromatic carbocycles. The van der Waals surface area contributed by atoms with Crippen molar-refractivity contribution in [2.75, 3.05) is 45.2 Å². The van der Waals surface area contributed by atoms with Crippen molar-refractivity contribution in [2.45, 2.75) is 0 Å². The van der Waals surface area contributed by atoms with Crippen LogP contribution >= 0.6 is 0 Å². The van der Waals surface area contributed by atoms with Crippen molar-refractivity contribution in [3.63, 3.8) is 0 Å². The minimum Gasteiger partial charge on any atom is -0.497 e. The van der Waals surface area contributed by atoms with Gasteiger partial charge in [-0.05, 0) is 42.4 Å². The lowest BCUT2D eigenvalue weighted by atomic mass is 10.0. The summed E-state index contributed by atoms with van der Waals surface area (Å²) in [6.07, 6.45) is 2.02. The van der Waals surface area contributed by atoms with Crippen molar-refractivity contribution >= 4 is 5.69 Å². The second-order valence-corrected chi connectivity index (χ2v) is 8.22. The van der Waals surface area contributed by atoms with Crippen LogP contribution in [0.25, 0.3) is 28.1 Å². The first-order valence-electron chi connectivity index (χ1n) is 11.0. The predicted molar refractivity (Wildman–Crippen MR) is 131 cm³/mol. The lowest BCUT2D eigenvalue weighted by molar-refractivity contribution is 0.313. The summed E-state index contributed by atoms with van der Waals surface area (Å²) in [6.45, 7) is 4.16. The van der Waals surface area contributed by atoms with Gasteiger partial charge in [0.25, 0.3) is 0 Å². The molecule has 5 rings (SSSR count). The van der Waals surface area contributed by atoms with E-state index >= 15 is 0 Å². The van der Waals surface area contributed by atoms with Crippen LogP contribution in [0.3, 0.4) is 0 Å². The van der Waals surface area contributed by atoms with Gasteiger partial charge in [-0.2, -0.15) is 5.10 Å². The number of aromatic nitrogens is 2. The summed E-state index contributed by atoms with van der Waals surface area (Å²) in [5.41, 5.74) is 6.92. The van der Waals surface area contributed by atoms with Gasteiger partial charge in [0.15, 0.2) is 0 Å². The molecular formula is C27H28N4O. The molecule has 1 aliphatic heterocycles. The first-order valence-corrected chi connectivity index (χ1v) is 11.0. The molecule has 1 saturated heterocycles.